The monoisotopic (exact) mass is 294 g/mol. The zero-order valence-corrected chi connectivity index (χ0v) is 13.4. The van der Waals surface area contributed by atoms with Gasteiger partial charge >= 0.3 is 0 Å². The minimum Gasteiger partial charge on any atom is -0.328 e. The Kier molecular flexibility index (Phi) is 4.91. The molecule has 3 rings (SSSR count). The van der Waals surface area contributed by atoms with Crippen LogP contribution in [0.4, 0.5) is 0 Å². The fourth-order valence-electron chi connectivity index (χ4n) is 3.36. The summed E-state index contributed by atoms with van der Waals surface area (Å²) in [5.74, 6) is 0. The molecule has 2 nitrogen and oxygen atoms in total. The largest absolute Gasteiger partial charge is 0.328 e. The Bertz CT molecular complexity index is 568. The number of nitrogens with two attached hydrogens (primary N) is 1. The predicted octanol–water partition coefficient (Wildman–Crippen LogP) is 3.76. The number of hydrogen-bond donors (Lipinski definition) is 1. The molecule has 22 heavy (non-hydrogen) atoms. The zero-order valence-electron chi connectivity index (χ0n) is 13.4. The average molecular weight is 294 g/mol. The Morgan fingerprint density at radius 1 is 0.955 bits per heavy atom. The smallest absolute Gasteiger partial charge is 0.0601 e. The van der Waals surface area contributed by atoms with Crippen LogP contribution < -0.4 is 5.73 Å². The molecule has 0 aromatic heterocycles. The summed E-state index contributed by atoms with van der Waals surface area (Å²) in [5, 5.41) is 0. The molecule has 2 aromatic rings. The summed E-state index contributed by atoms with van der Waals surface area (Å²) in [5.41, 5.74) is 10.2. The van der Waals surface area contributed by atoms with Gasteiger partial charge in [-0.3, -0.25) is 4.90 Å². The van der Waals surface area contributed by atoms with Crippen LogP contribution in [-0.4, -0.2) is 24.0 Å². The number of rotatable bonds is 4. The highest BCUT2D eigenvalue weighted by Crippen LogP contribution is 2.31. The van der Waals surface area contributed by atoms with Gasteiger partial charge in [0.05, 0.1) is 6.04 Å². The van der Waals surface area contributed by atoms with Crippen molar-refractivity contribution in [3.05, 3.63) is 71.3 Å². The standard InChI is InChI=1S/C20H26N2/c1-2-16-8-10-18(11-9-16)20(17-6-4-3-5-7-17)22-14-12-19(21)13-15-22/h3-11,19-20H,2,12-15,21H2,1H3. The van der Waals surface area contributed by atoms with Crippen molar-refractivity contribution < 1.29 is 0 Å². The lowest BCUT2D eigenvalue weighted by Crippen LogP contribution is -2.41. The molecule has 0 amide bonds. The normalized spacial score (nSPS) is 18.3. The van der Waals surface area contributed by atoms with E-state index in [4.69, 9.17) is 5.73 Å². The summed E-state index contributed by atoms with van der Waals surface area (Å²) in [6.45, 7) is 4.36. The lowest BCUT2D eigenvalue weighted by molar-refractivity contribution is 0.175. The van der Waals surface area contributed by atoms with Crippen LogP contribution in [0, 0.1) is 0 Å². The summed E-state index contributed by atoms with van der Waals surface area (Å²) in [4.78, 5) is 2.58. The van der Waals surface area contributed by atoms with Crippen molar-refractivity contribution in [2.24, 2.45) is 5.73 Å². The van der Waals surface area contributed by atoms with Gasteiger partial charge in [-0.2, -0.15) is 0 Å². The highest BCUT2D eigenvalue weighted by molar-refractivity contribution is 5.34. The van der Waals surface area contributed by atoms with E-state index in [1.165, 1.54) is 16.7 Å². The van der Waals surface area contributed by atoms with E-state index in [0.29, 0.717) is 12.1 Å². The van der Waals surface area contributed by atoms with E-state index in [1.54, 1.807) is 0 Å². The predicted molar refractivity (Wildman–Crippen MR) is 92.9 cm³/mol. The molecule has 1 unspecified atom stereocenters. The van der Waals surface area contributed by atoms with Crippen molar-refractivity contribution in [2.45, 2.75) is 38.3 Å². The second-order valence-electron chi connectivity index (χ2n) is 6.28. The number of aryl methyl sites for hydroxylation is 1. The van der Waals surface area contributed by atoms with Gasteiger partial charge < -0.3 is 5.73 Å². The second-order valence-corrected chi connectivity index (χ2v) is 6.28. The summed E-state index contributed by atoms with van der Waals surface area (Å²) >= 11 is 0. The maximum atomic E-state index is 6.09. The molecule has 2 heteroatoms. The molecule has 2 N–H and O–H groups in total. The van der Waals surface area contributed by atoms with E-state index in [-0.39, 0.29) is 0 Å². The second kappa shape index (κ2) is 7.08. The molecule has 1 saturated heterocycles. The van der Waals surface area contributed by atoms with Gasteiger partial charge in [0.2, 0.25) is 0 Å². The summed E-state index contributed by atoms with van der Waals surface area (Å²) in [7, 11) is 0. The minimum absolute atomic E-state index is 0.347. The third kappa shape index (κ3) is 3.40. The fourth-order valence-corrected chi connectivity index (χ4v) is 3.36. The molecule has 0 saturated carbocycles. The van der Waals surface area contributed by atoms with Crippen LogP contribution in [0.25, 0.3) is 0 Å². The zero-order chi connectivity index (χ0) is 15.4. The maximum Gasteiger partial charge on any atom is 0.0601 e. The van der Waals surface area contributed by atoms with Crippen molar-refractivity contribution in [3.8, 4) is 0 Å². The van der Waals surface area contributed by atoms with Crippen molar-refractivity contribution in [2.75, 3.05) is 13.1 Å². The van der Waals surface area contributed by atoms with Crippen molar-refractivity contribution >= 4 is 0 Å². The van der Waals surface area contributed by atoms with E-state index in [9.17, 15) is 0 Å². The highest BCUT2D eigenvalue weighted by Gasteiger charge is 2.25. The summed E-state index contributed by atoms with van der Waals surface area (Å²) in [6, 6.07) is 20.7. The molecule has 0 spiro atoms. The van der Waals surface area contributed by atoms with Gasteiger partial charge in [0.1, 0.15) is 0 Å². The average Bonchev–Trinajstić information content (AvgIpc) is 2.58. The SMILES string of the molecule is CCc1ccc(C(c2ccccc2)N2CCC(N)CC2)cc1. The van der Waals surface area contributed by atoms with Crippen LogP contribution in [-0.2, 0) is 6.42 Å². The lowest BCUT2D eigenvalue weighted by atomic mass is 9.93. The van der Waals surface area contributed by atoms with Crippen LogP contribution >= 0.6 is 0 Å². The van der Waals surface area contributed by atoms with Crippen molar-refractivity contribution in [3.63, 3.8) is 0 Å². The van der Waals surface area contributed by atoms with Gasteiger partial charge in [-0.05, 0) is 36.0 Å². The van der Waals surface area contributed by atoms with Crippen LogP contribution in [0.3, 0.4) is 0 Å². The number of likely N-dealkylation sites (tertiary alicyclic amines) is 1. The molecule has 1 aliphatic rings. The van der Waals surface area contributed by atoms with E-state index in [0.717, 1.165) is 32.4 Å². The van der Waals surface area contributed by atoms with Crippen LogP contribution in [0.15, 0.2) is 54.6 Å². The van der Waals surface area contributed by atoms with E-state index < -0.39 is 0 Å². The first-order valence-corrected chi connectivity index (χ1v) is 8.41. The van der Waals surface area contributed by atoms with Crippen LogP contribution in [0.5, 0.6) is 0 Å². The minimum atomic E-state index is 0.347. The molecule has 1 atom stereocenters. The van der Waals surface area contributed by atoms with Gasteiger partial charge in [-0.1, -0.05) is 61.5 Å². The number of nitrogens with zero attached hydrogens (tertiary/aromatic N) is 1. The number of benzene rings is 2. The first kappa shape index (κ1) is 15.3. The fraction of sp³-hybridized carbons (Fsp3) is 0.400. The Hall–Kier alpha value is -1.64. The van der Waals surface area contributed by atoms with Gasteiger partial charge in [0.15, 0.2) is 0 Å². The number of hydrogen-bond acceptors (Lipinski definition) is 2. The Morgan fingerprint density at radius 2 is 1.55 bits per heavy atom. The van der Waals surface area contributed by atoms with E-state index >= 15 is 0 Å². The maximum absolute atomic E-state index is 6.09. The van der Waals surface area contributed by atoms with Crippen LogP contribution in [0.2, 0.25) is 0 Å². The molecule has 0 radical (unpaired) electrons. The Balaban J connectivity index is 1.91. The molecule has 0 aliphatic carbocycles. The lowest BCUT2D eigenvalue weighted by Gasteiger charge is -2.37. The van der Waals surface area contributed by atoms with Gasteiger partial charge in [0, 0.05) is 19.1 Å². The van der Waals surface area contributed by atoms with Gasteiger partial charge in [0.25, 0.3) is 0 Å². The molecule has 1 fully saturated rings. The molecule has 1 aliphatic heterocycles. The topological polar surface area (TPSA) is 29.3 Å². The number of piperidine rings is 1. The Labute approximate surface area is 134 Å². The third-order valence-electron chi connectivity index (χ3n) is 4.76. The third-order valence-corrected chi connectivity index (χ3v) is 4.76. The molecule has 1 heterocycles. The summed E-state index contributed by atoms with van der Waals surface area (Å²) < 4.78 is 0. The quantitative estimate of drug-likeness (QED) is 0.930. The summed E-state index contributed by atoms with van der Waals surface area (Å²) in [6.07, 6.45) is 3.28. The van der Waals surface area contributed by atoms with Gasteiger partial charge in [-0.15, -0.1) is 0 Å². The van der Waals surface area contributed by atoms with Crippen LogP contribution in [0.1, 0.15) is 42.5 Å². The van der Waals surface area contributed by atoms with Crippen molar-refractivity contribution in [1.82, 2.24) is 4.90 Å². The van der Waals surface area contributed by atoms with E-state index in [1.807, 2.05) is 0 Å². The first-order valence-electron chi connectivity index (χ1n) is 8.41. The van der Waals surface area contributed by atoms with E-state index in [2.05, 4.69) is 66.4 Å². The molecular formula is C20H26N2. The molecule has 2 aromatic carbocycles. The Morgan fingerprint density at radius 3 is 2.14 bits per heavy atom. The first-order chi connectivity index (χ1) is 10.8. The van der Waals surface area contributed by atoms with Gasteiger partial charge in [-0.25, -0.2) is 0 Å². The van der Waals surface area contributed by atoms with Crippen molar-refractivity contribution in [1.29, 1.82) is 0 Å². The molecular weight excluding hydrogens is 268 g/mol. The molecule has 116 valence electrons. The highest BCUT2D eigenvalue weighted by atomic mass is 15.2. The molecule has 0 bridgehead atoms.